The molecule has 1 aliphatic carbocycles. The number of para-hydroxylation sites is 2. The Balaban J connectivity index is 1.30. The van der Waals surface area contributed by atoms with Crippen LogP contribution >= 0.6 is 0 Å². The van der Waals surface area contributed by atoms with E-state index in [1.165, 1.54) is 38.6 Å². The van der Waals surface area contributed by atoms with Crippen LogP contribution in [0.2, 0.25) is 0 Å². The van der Waals surface area contributed by atoms with Crippen LogP contribution in [0.4, 0.5) is 0 Å². The van der Waals surface area contributed by atoms with Gasteiger partial charge >= 0.3 is 0 Å². The largest absolute Gasteiger partial charge is 0.509 e. The van der Waals surface area contributed by atoms with E-state index in [9.17, 15) is 5.11 Å². The summed E-state index contributed by atoms with van der Waals surface area (Å²) in [5.41, 5.74) is 17.4. The lowest BCUT2D eigenvalue weighted by molar-refractivity contribution is 0.484. The Morgan fingerprint density at radius 3 is 1.88 bits per heavy atom. The van der Waals surface area contributed by atoms with Crippen molar-refractivity contribution in [1.82, 2.24) is 0 Å². The van der Waals surface area contributed by atoms with Gasteiger partial charge in [-0.25, -0.2) is 0 Å². The fourth-order valence-corrected chi connectivity index (χ4v) is 8.79. The quantitative estimate of drug-likeness (QED) is 0.263. The lowest BCUT2D eigenvalue weighted by atomic mass is 9.64. The zero-order valence-corrected chi connectivity index (χ0v) is 29.1. The average Bonchev–Trinajstić information content (AvgIpc) is 3.75. The van der Waals surface area contributed by atoms with Crippen LogP contribution in [0.3, 0.4) is 0 Å². The first kappa shape index (κ1) is 30.1. The van der Waals surface area contributed by atoms with E-state index in [-0.39, 0.29) is 0 Å². The minimum atomic E-state index is 0.399. The van der Waals surface area contributed by atoms with Crippen LogP contribution in [0.1, 0.15) is 17.5 Å². The third-order valence-electron chi connectivity index (χ3n) is 11.5. The molecule has 0 spiro atoms. The highest BCUT2D eigenvalue weighted by molar-refractivity contribution is 6.61. The van der Waals surface area contributed by atoms with Crippen molar-refractivity contribution in [3.8, 4) is 39.1 Å². The minimum Gasteiger partial charge on any atom is -0.509 e. The molecule has 0 amide bonds. The second-order valence-electron chi connectivity index (χ2n) is 14.1. The maximum atomic E-state index is 11.0. The molecule has 0 radical (unpaired) electrons. The predicted molar refractivity (Wildman–Crippen MR) is 227 cm³/mol. The Bertz CT molecular complexity index is 2960. The van der Waals surface area contributed by atoms with E-state index in [4.69, 9.17) is 8.83 Å². The topological polar surface area (TPSA) is 46.5 Å². The van der Waals surface area contributed by atoms with E-state index < -0.39 is 0 Å². The normalized spacial score (nSPS) is 12.9. The summed E-state index contributed by atoms with van der Waals surface area (Å²) in [5, 5.41) is 17.9. The third-order valence-corrected chi connectivity index (χ3v) is 11.5. The summed E-state index contributed by atoms with van der Waals surface area (Å²) in [6, 6.07) is 36.6. The zero-order valence-electron chi connectivity index (χ0n) is 29.1. The molecule has 0 bridgehead atoms. The van der Waals surface area contributed by atoms with Crippen LogP contribution in [0.5, 0.6) is 5.75 Å². The number of rotatable bonds is 3. The zero-order chi connectivity index (χ0) is 34.5. The molecule has 2 aromatic heterocycles. The first-order chi connectivity index (χ1) is 24.9. The Hall–Kier alpha value is -5.80. The van der Waals surface area contributed by atoms with Crippen LogP contribution in [0.25, 0.3) is 94.1 Å². The van der Waals surface area contributed by atoms with Crippen LogP contribution in [-0.2, 0) is 6.42 Å². The van der Waals surface area contributed by atoms with Gasteiger partial charge in [-0.05, 0) is 87.3 Å². The summed E-state index contributed by atoms with van der Waals surface area (Å²) in [7, 11) is 8.39. The number of phenols is 1. The van der Waals surface area contributed by atoms with Crippen LogP contribution in [-0.4, -0.2) is 36.5 Å². The number of benzene rings is 7. The molecule has 1 aliphatic rings. The Morgan fingerprint density at radius 1 is 0.529 bits per heavy atom. The van der Waals surface area contributed by atoms with Crippen LogP contribution in [0, 0.1) is 0 Å². The Kier molecular flexibility index (Phi) is 6.54. The molecule has 51 heavy (non-hydrogen) atoms. The summed E-state index contributed by atoms with van der Waals surface area (Å²) in [4.78, 5) is 0. The fourth-order valence-electron chi connectivity index (χ4n) is 8.79. The summed E-state index contributed by atoms with van der Waals surface area (Å²) < 4.78 is 13.1. The van der Waals surface area contributed by atoms with E-state index in [2.05, 4.69) is 119 Å². The third kappa shape index (κ3) is 4.24. The van der Waals surface area contributed by atoms with Crippen molar-refractivity contribution in [2.75, 3.05) is 0 Å². The Labute approximate surface area is 299 Å². The average molecular weight is 652 g/mol. The molecule has 7 aromatic carbocycles. The van der Waals surface area contributed by atoms with Crippen molar-refractivity contribution in [3.05, 3.63) is 120 Å². The molecule has 0 fully saturated rings. The summed E-state index contributed by atoms with van der Waals surface area (Å²) in [5.74, 6) is 0.399. The lowest BCUT2D eigenvalue weighted by Crippen LogP contribution is -2.42. The van der Waals surface area contributed by atoms with Gasteiger partial charge < -0.3 is 13.9 Å². The smallest absolute Gasteiger partial charge is 0.143 e. The molecule has 0 unspecified atom stereocenters. The van der Waals surface area contributed by atoms with E-state index in [0.29, 0.717) is 5.75 Å². The van der Waals surface area contributed by atoms with Crippen molar-refractivity contribution in [1.29, 1.82) is 0 Å². The number of hydrogen-bond donors (Lipinski definition) is 1. The molecule has 0 saturated heterocycles. The van der Waals surface area contributed by atoms with Gasteiger partial charge in [0.25, 0.3) is 0 Å². The van der Waals surface area contributed by atoms with E-state index in [0.717, 1.165) is 95.3 Å². The molecule has 2 heterocycles. The molecule has 10 rings (SSSR count). The van der Waals surface area contributed by atoms with Gasteiger partial charge in [-0.15, -0.1) is 0 Å². The molecule has 0 saturated carbocycles. The number of furan rings is 2. The number of allylic oxidation sites excluding steroid dienone is 1. The maximum absolute atomic E-state index is 11.0. The first-order valence-electron chi connectivity index (χ1n) is 17.8. The summed E-state index contributed by atoms with van der Waals surface area (Å²) in [6.45, 7) is 0. The van der Waals surface area contributed by atoms with Gasteiger partial charge in [0.15, 0.2) is 0 Å². The van der Waals surface area contributed by atoms with E-state index in [1.54, 1.807) is 0 Å². The highest BCUT2D eigenvalue weighted by Crippen LogP contribution is 2.48. The van der Waals surface area contributed by atoms with Gasteiger partial charge in [0.05, 0.1) is 0 Å². The summed E-state index contributed by atoms with van der Waals surface area (Å²) >= 11 is 0. The molecule has 0 atom stereocenters. The Morgan fingerprint density at radius 2 is 1.14 bits per heavy atom. The van der Waals surface area contributed by atoms with Gasteiger partial charge in [-0.2, -0.15) is 0 Å². The molecule has 0 aliphatic heterocycles. The van der Waals surface area contributed by atoms with Gasteiger partial charge in [0.1, 0.15) is 59.5 Å². The molecule has 1 N–H and O–H groups in total. The highest BCUT2D eigenvalue weighted by Gasteiger charge is 2.27. The van der Waals surface area contributed by atoms with Crippen LogP contribution < -0.4 is 21.9 Å². The van der Waals surface area contributed by atoms with Crippen LogP contribution in [0.15, 0.2) is 118 Å². The number of fused-ring (bicyclic) bond motifs is 8. The minimum absolute atomic E-state index is 0.399. The molecule has 9 aromatic rings. The van der Waals surface area contributed by atoms with Gasteiger partial charge in [-0.3, -0.25) is 0 Å². The molecule has 3 nitrogen and oxygen atoms in total. The number of hydrogen-bond acceptors (Lipinski definition) is 3. The monoisotopic (exact) mass is 652 g/mol. The lowest BCUT2D eigenvalue weighted by Gasteiger charge is -2.27. The summed E-state index contributed by atoms with van der Waals surface area (Å²) in [6.07, 6.45) is 6.56. The molecule has 238 valence electrons. The molecule has 7 heteroatoms. The standard InChI is InChI=1S/C44H32B4O3/c45-39-38(40(46)42(48)43(49)41(39)47)36-27-12-3-1-10-25(27)35(26-11-2-4-13-28(26)36)30-19-18-23(37-29-14-6-8-16-33(29)51-44(30)37)22-17-20-34-31(21-22)24-9-5-7-15-32(24)50-34/h1-3,5-12,14-21,49H,4,13,45-48H2. The fraction of sp³-hybridized carbons (Fsp3) is 0.0455. The van der Waals surface area contributed by atoms with Crippen molar-refractivity contribution in [2.45, 2.75) is 12.8 Å². The maximum Gasteiger partial charge on any atom is 0.143 e. The molecular formula is C44H32B4O3. The number of phenolic OH excluding ortho intramolecular Hbond substituents is 1. The van der Waals surface area contributed by atoms with Crippen molar-refractivity contribution in [2.24, 2.45) is 0 Å². The van der Waals surface area contributed by atoms with Crippen molar-refractivity contribution < 1.29 is 13.9 Å². The van der Waals surface area contributed by atoms with Gasteiger partial charge in [-0.1, -0.05) is 107 Å². The number of aromatic hydroxyl groups is 1. The van der Waals surface area contributed by atoms with Gasteiger partial charge in [0, 0.05) is 32.7 Å². The SMILES string of the molecule is Bc1c(B)c(-c2c3c(c(-c4ccc(-c5ccc6oc7ccccc7c6c5)c5c4oc4ccccc45)c4ccccc24)C=CCC3)c(B)c(B)c1O. The highest BCUT2D eigenvalue weighted by atomic mass is 16.3. The van der Waals surface area contributed by atoms with Crippen molar-refractivity contribution in [3.63, 3.8) is 0 Å². The van der Waals surface area contributed by atoms with Gasteiger partial charge in [0.2, 0.25) is 0 Å². The van der Waals surface area contributed by atoms with Crippen molar-refractivity contribution >= 4 is 114 Å². The second kappa shape index (κ2) is 11.1. The van der Waals surface area contributed by atoms with E-state index >= 15 is 0 Å². The van der Waals surface area contributed by atoms with E-state index in [1.807, 2.05) is 27.8 Å². The predicted octanol–water partition coefficient (Wildman–Crippen LogP) is 5.34. The first-order valence-corrected chi connectivity index (χ1v) is 17.8. The molecular weight excluding hydrogens is 620 g/mol. The second-order valence-corrected chi connectivity index (χ2v) is 14.1.